The Hall–Kier alpha value is -1.26. The molecule has 0 spiro atoms. The maximum atomic E-state index is 11.7. The molecule has 0 radical (unpaired) electrons. The Kier molecular flexibility index (Phi) is 17.3. The van der Waals surface area contributed by atoms with Crippen LogP contribution in [0.25, 0.3) is 0 Å². The number of unbranched alkanes of at least 4 members (excludes halogenated alkanes) is 11. The smallest absolute Gasteiger partial charge is 0.410 e. The first-order chi connectivity index (χ1) is 13.0. The molecule has 0 unspecified atom stereocenters. The Morgan fingerprint density at radius 2 is 1.26 bits per heavy atom. The molecule has 5 nitrogen and oxygen atoms in total. The lowest BCUT2D eigenvalue weighted by Gasteiger charge is -2.17. The van der Waals surface area contributed by atoms with E-state index in [0.717, 1.165) is 12.8 Å². The van der Waals surface area contributed by atoms with Crippen LogP contribution in [0.15, 0.2) is 0 Å². The molecule has 0 fully saturated rings. The van der Waals surface area contributed by atoms with Gasteiger partial charge in [0, 0.05) is 7.05 Å². The van der Waals surface area contributed by atoms with Crippen LogP contribution in [0.1, 0.15) is 97.8 Å². The van der Waals surface area contributed by atoms with Crippen molar-refractivity contribution >= 4 is 12.1 Å². The number of amides is 1. The van der Waals surface area contributed by atoms with Crippen LogP contribution in [0.2, 0.25) is 0 Å². The van der Waals surface area contributed by atoms with Crippen LogP contribution >= 0.6 is 0 Å². The van der Waals surface area contributed by atoms with Gasteiger partial charge in [-0.05, 0) is 12.3 Å². The third kappa shape index (κ3) is 17.9. The van der Waals surface area contributed by atoms with Crippen molar-refractivity contribution in [3.05, 3.63) is 0 Å². The van der Waals surface area contributed by atoms with Crippen molar-refractivity contribution < 1.29 is 19.1 Å². The number of ether oxygens (including phenoxy) is 2. The summed E-state index contributed by atoms with van der Waals surface area (Å²) >= 11 is 0. The second kappa shape index (κ2) is 18.1. The standard InChI is InChI=1S/C22H43NO4/c1-5-6-7-8-9-10-11-12-13-14-15-16-17-26-21(24)18-23(4)22(25)27-19-20(2)3/h20H,5-19H2,1-4H3. The maximum absolute atomic E-state index is 11.7. The Morgan fingerprint density at radius 1 is 0.778 bits per heavy atom. The average Bonchev–Trinajstić information content (AvgIpc) is 2.63. The largest absolute Gasteiger partial charge is 0.464 e. The highest BCUT2D eigenvalue weighted by Gasteiger charge is 2.15. The Labute approximate surface area is 167 Å². The maximum Gasteiger partial charge on any atom is 0.410 e. The van der Waals surface area contributed by atoms with E-state index >= 15 is 0 Å². The predicted molar refractivity (Wildman–Crippen MR) is 111 cm³/mol. The third-order valence-electron chi connectivity index (χ3n) is 4.48. The normalized spacial score (nSPS) is 10.9. The summed E-state index contributed by atoms with van der Waals surface area (Å²) in [5.41, 5.74) is 0. The summed E-state index contributed by atoms with van der Waals surface area (Å²) in [6.07, 6.45) is 14.9. The van der Waals surface area contributed by atoms with Crippen LogP contribution in [-0.4, -0.2) is 43.8 Å². The summed E-state index contributed by atoms with van der Waals surface area (Å²) in [4.78, 5) is 24.7. The minimum atomic E-state index is -0.481. The summed E-state index contributed by atoms with van der Waals surface area (Å²) < 4.78 is 10.3. The molecule has 0 bridgehead atoms. The first-order valence-electron chi connectivity index (χ1n) is 11.0. The fourth-order valence-corrected chi connectivity index (χ4v) is 2.78. The van der Waals surface area contributed by atoms with Crippen molar-refractivity contribution in [2.75, 3.05) is 26.8 Å². The zero-order valence-electron chi connectivity index (χ0n) is 18.3. The Bertz CT molecular complexity index is 371. The van der Waals surface area contributed by atoms with Gasteiger partial charge in [0.1, 0.15) is 6.54 Å². The molecule has 0 aliphatic heterocycles. The van der Waals surface area contributed by atoms with E-state index in [1.165, 1.54) is 69.1 Å². The number of esters is 1. The van der Waals surface area contributed by atoms with Crippen LogP contribution < -0.4 is 0 Å². The molecule has 0 rings (SSSR count). The number of hydrogen-bond donors (Lipinski definition) is 0. The van der Waals surface area contributed by atoms with E-state index in [-0.39, 0.29) is 18.4 Å². The topological polar surface area (TPSA) is 55.8 Å². The van der Waals surface area contributed by atoms with E-state index in [1.807, 2.05) is 13.8 Å². The highest BCUT2D eigenvalue weighted by Crippen LogP contribution is 2.12. The van der Waals surface area contributed by atoms with Gasteiger partial charge in [-0.2, -0.15) is 0 Å². The molecule has 0 aromatic rings. The number of carbonyl (C=O) groups is 2. The molecule has 0 aromatic carbocycles. The zero-order chi connectivity index (χ0) is 20.3. The molecular formula is C22H43NO4. The number of hydrogen-bond acceptors (Lipinski definition) is 4. The fourth-order valence-electron chi connectivity index (χ4n) is 2.78. The van der Waals surface area contributed by atoms with Crippen molar-refractivity contribution in [2.45, 2.75) is 97.8 Å². The molecule has 27 heavy (non-hydrogen) atoms. The van der Waals surface area contributed by atoms with Crippen LogP contribution in [0.5, 0.6) is 0 Å². The van der Waals surface area contributed by atoms with E-state index in [4.69, 9.17) is 9.47 Å². The first-order valence-corrected chi connectivity index (χ1v) is 11.0. The number of likely N-dealkylation sites (N-methyl/N-ethyl adjacent to an activating group) is 1. The van der Waals surface area contributed by atoms with Gasteiger partial charge in [-0.15, -0.1) is 0 Å². The van der Waals surface area contributed by atoms with Crippen LogP contribution in [0, 0.1) is 5.92 Å². The van der Waals surface area contributed by atoms with Crippen molar-refractivity contribution in [1.82, 2.24) is 4.90 Å². The van der Waals surface area contributed by atoms with Gasteiger partial charge < -0.3 is 14.4 Å². The lowest BCUT2D eigenvalue weighted by molar-refractivity contribution is -0.144. The van der Waals surface area contributed by atoms with Gasteiger partial charge in [0.15, 0.2) is 0 Å². The monoisotopic (exact) mass is 385 g/mol. The lowest BCUT2D eigenvalue weighted by atomic mass is 10.1. The molecule has 0 heterocycles. The van der Waals surface area contributed by atoms with Gasteiger partial charge in [0.2, 0.25) is 0 Å². The molecule has 0 saturated heterocycles. The average molecular weight is 386 g/mol. The summed E-state index contributed by atoms with van der Waals surface area (Å²) in [5.74, 6) is -0.0952. The summed E-state index contributed by atoms with van der Waals surface area (Å²) in [6, 6.07) is 0. The van der Waals surface area contributed by atoms with E-state index in [2.05, 4.69) is 6.92 Å². The molecule has 0 N–H and O–H groups in total. The number of rotatable bonds is 17. The summed E-state index contributed by atoms with van der Waals surface area (Å²) in [6.45, 7) is 6.92. The van der Waals surface area contributed by atoms with E-state index < -0.39 is 6.09 Å². The van der Waals surface area contributed by atoms with Crippen LogP contribution in [0.4, 0.5) is 4.79 Å². The highest BCUT2D eigenvalue weighted by molar-refractivity contribution is 5.77. The first kappa shape index (κ1) is 25.7. The van der Waals surface area contributed by atoms with E-state index in [9.17, 15) is 9.59 Å². The zero-order valence-corrected chi connectivity index (χ0v) is 18.3. The minimum Gasteiger partial charge on any atom is -0.464 e. The van der Waals surface area contributed by atoms with E-state index in [1.54, 1.807) is 7.05 Å². The minimum absolute atomic E-state index is 0.0603. The molecule has 160 valence electrons. The van der Waals surface area contributed by atoms with Gasteiger partial charge in [-0.3, -0.25) is 4.79 Å². The molecule has 0 saturated carbocycles. The molecule has 0 aromatic heterocycles. The Morgan fingerprint density at radius 3 is 1.74 bits per heavy atom. The van der Waals surface area contributed by atoms with Gasteiger partial charge in [-0.1, -0.05) is 91.4 Å². The van der Waals surface area contributed by atoms with Gasteiger partial charge in [-0.25, -0.2) is 4.79 Å². The SMILES string of the molecule is CCCCCCCCCCCCCCOC(=O)CN(C)C(=O)OCC(C)C. The molecule has 0 aliphatic carbocycles. The second-order valence-electron chi connectivity index (χ2n) is 7.94. The number of carbonyl (C=O) groups excluding carboxylic acids is 2. The quantitative estimate of drug-likeness (QED) is 0.229. The highest BCUT2D eigenvalue weighted by atomic mass is 16.6. The van der Waals surface area contributed by atoms with Crippen molar-refractivity contribution in [2.24, 2.45) is 5.92 Å². The molecule has 0 aliphatic rings. The number of nitrogens with zero attached hydrogens (tertiary/aromatic N) is 1. The predicted octanol–water partition coefficient (Wildman–Crippen LogP) is 5.96. The van der Waals surface area contributed by atoms with Gasteiger partial charge in [0.05, 0.1) is 13.2 Å². The van der Waals surface area contributed by atoms with Crippen molar-refractivity contribution in [3.8, 4) is 0 Å². The van der Waals surface area contributed by atoms with Gasteiger partial charge >= 0.3 is 12.1 Å². The molecule has 0 atom stereocenters. The van der Waals surface area contributed by atoms with Crippen molar-refractivity contribution in [1.29, 1.82) is 0 Å². The third-order valence-corrected chi connectivity index (χ3v) is 4.48. The summed E-state index contributed by atoms with van der Waals surface area (Å²) in [7, 11) is 1.55. The van der Waals surface area contributed by atoms with Crippen LogP contribution in [-0.2, 0) is 14.3 Å². The van der Waals surface area contributed by atoms with Crippen LogP contribution in [0.3, 0.4) is 0 Å². The molecule has 5 heteroatoms. The Balaban J connectivity index is 3.42. The summed E-state index contributed by atoms with van der Waals surface area (Å²) in [5, 5.41) is 0. The molecular weight excluding hydrogens is 342 g/mol. The fraction of sp³-hybridized carbons (Fsp3) is 0.909. The second-order valence-corrected chi connectivity index (χ2v) is 7.94. The molecule has 1 amide bonds. The lowest BCUT2D eigenvalue weighted by Crippen LogP contribution is -2.34. The van der Waals surface area contributed by atoms with Crippen molar-refractivity contribution in [3.63, 3.8) is 0 Å². The van der Waals surface area contributed by atoms with Gasteiger partial charge in [0.25, 0.3) is 0 Å². The van der Waals surface area contributed by atoms with E-state index in [0.29, 0.717) is 13.2 Å².